The molecule has 7 heteroatoms. The molecule has 3 rings (SSSR count). The second-order valence-electron chi connectivity index (χ2n) is 6.03. The number of nitrogens with one attached hydrogen (secondary N) is 1. The number of rotatable bonds is 2. The van der Waals surface area contributed by atoms with Crippen LogP contribution in [-0.4, -0.2) is 55.3 Å². The SMILES string of the molecule is Cl.O=S(=O)(N1CCCCCC1)N1C2CCNCC1CC2. The normalized spacial score (nSPS) is 33.2. The number of fused-ring (bicyclic) bond motifs is 2. The summed E-state index contributed by atoms with van der Waals surface area (Å²) in [6.07, 6.45) is 7.38. The van der Waals surface area contributed by atoms with Gasteiger partial charge in [-0.05, 0) is 38.6 Å². The van der Waals surface area contributed by atoms with Crippen molar-refractivity contribution in [3.63, 3.8) is 0 Å². The zero-order chi connectivity index (χ0) is 13.3. The van der Waals surface area contributed by atoms with Crippen molar-refractivity contribution >= 4 is 22.6 Å². The van der Waals surface area contributed by atoms with E-state index in [1.807, 2.05) is 4.31 Å². The van der Waals surface area contributed by atoms with E-state index in [1.165, 1.54) is 12.8 Å². The molecule has 0 aromatic heterocycles. The summed E-state index contributed by atoms with van der Waals surface area (Å²) < 4.78 is 29.5. The lowest BCUT2D eigenvalue weighted by molar-refractivity contribution is 0.292. The smallest absolute Gasteiger partial charge is 0.282 e. The van der Waals surface area contributed by atoms with Gasteiger partial charge in [0.1, 0.15) is 0 Å². The first-order valence-corrected chi connectivity index (χ1v) is 9.08. The van der Waals surface area contributed by atoms with Crippen LogP contribution in [0.4, 0.5) is 0 Å². The van der Waals surface area contributed by atoms with Crippen LogP contribution >= 0.6 is 12.4 Å². The van der Waals surface area contributed by atoms with Crippen LogP contribution in [0.1, 0.15) is 44.9 Å². The van der Waals surface area contributed by atoms with Gasteiger partial charge in [0, 0.05) is 31.7 Å². The van der Waals surface area contributed by atoms with Crippen molar-refractivity contribution in [1.29, 1.82) is 0 Å². The molecule has 0 amide bonds. The molecule has 0 aromatic carbocycles. The molecular formula is C13H26ClN3O2S. The predicted molar refractivity (Wildman–Crippen MR) is 82.3 cm³/mol. The fraction of sp³-hybridized carbons (Fsp3) is 1.00. The number of hydrogen-bond acceptors (Lipinski definition) is 3. The number of halogens is 1. The van der Waals surface area contributed by atoms with E-state index in [9.17, 15) is 8.42 Å². The van der Waals surface area contributed by atoms with Crippen molar-refractivity contribution in [2.75, 3.05) is 26.2 Å². The maximum atomic E-state index is 12.9. The molecule has 0 aliphatic carbocycles. The van der Waals surface area contributed by atoms with E-state index < -0.39 is 10.2 Å². The van der Waals surface area contributed by atoms with Gasteiger partial charge in [0.25, 0.3) is 10.2 Å². The van der Waals surface area contributed by atoms with Gasteiger partial charge in [-0.15, -0.1) is 12.4 Å². The Hall–Kier alpha value is 0.120. The van der Waals surface area contributed by atoms with Gasteiger partial charge >= 0.3 is 0 Å². The Morgan fingerprint density at radius 3 is 2.25 bits per heavy atom. The first-order chi connectivity index (χ1) is 9.19. The van der Waals surface area contributed by atoms with E-state index in [0.29, 0.717) is 13.1 Å². The van der Waals surface area contributed by atoms with Crippen LogP contribution in [0.15, 0.2) is 0 Å². The number of hydrogen-bond donors (Lipinski definition) is 1. The molecule has 3 aliphatic rings. The first-order valence-electron chi connectivity index (χ1n) is 7.69. The Morgan fingerprint density at radius 1 is 0.900 bits per heavy atom. The van der Waals surface area contributed by atoms with Crippen molar-refractivity contribution in [3.05, 3.63) is 0 Å². The Balaban J connectivity index is 0.00000147. The highest BCUT2D eigenvalue weighted by atomic mass is 35.5. The summed E-state index contributed by atoms with van der Waals surface area (Å²) in [5, 5.41) is 3.37. The minimum Gasteiger partial charge on any atom is -0.315 e. The Labute approximate surface area is 128 Å². The van der Waals surface area contributed by atoms with Crippen molar-refractivity contribution in [2.24, 2.45) is 0 Å². The molecule has 3 fully saturated rings. The van der Waals surface area contributed by atoms with Gasteiger partial charge in [0.15, 0.2) is 0 Å². The second-order valence-corrected chi connectivity index (χ2v) is 7.86. The molecule has 118 valence electrons. The maximum absolute atomic E-state index is 12.9. The monoisotopic (exact) mass is 323 g/mol. The van der Waals surface area contributed by atoms with Crippen molar-refractivity contribution in [1.82, 2.24) is 13.9 Å². The quantitative estimate of drug-likeness (QED) is 0.834. The van der Waals surface area contributed by atoms with E-state index in [4.69, 9.17) is 0 Å². The summed E-state index contributed by atoms with van der Waals surface area (Å²) in [6.45, 7) is 3.20. The van der Waals surface area contributed by atoms with Crippen LogP contribution in [0.5, 0.6) is 0 Å². The van der Waals surface area contributed by atoms with E-state index >= 15 is 0 Å². The molecule has 3 saturated heterocycles. The molecule has 0 aromatic rings. The molecule has 3 aliphatic heterocycles. The van der Waals surface area contributed by atoms with Crippen LogP contribution in [0.25, 0.3) is 0 Å². The largest absolute Gasteiger partial charge is 0.315 e. The minimum absolute atomic E-state index is 0. The molecule has 3 heterocycles. The van der Waals surface area contributed by atoms with Crippen molar-refractivity contribution in [3.8, 4) is 0 Å². The molecule has 20 heavy (non-hydrogen) atoms. The van der Waals surface area contributed by atoms with E-state index in [1.54, 1.807) is 4.31 Å². The van der Waals surface area contributed by atoms with Gasteiger partial charge in [-0.1, -0.05) is 12.8 Å². The molecule has 1 N–H and O–H groups in total. The zero-order valence-electron chi connectivity index (χ0n) is 12.0. The third-order valence-electron chi connectivity index (χ3n) is 4.74. The van der Waals surface area contributed by atoms with Gasteiger partial charge in [0.2, 0.25) is 0 Å². The lowest BCUT2D eigenvalue weighted by Crippen LogP contribution is -2.50. The molecule has 0 saturated carbocycles. The topological polar surface area (TPSA) is 52.7 Å². The highest BCUT2D eigenvalue weighted by molar-refractivity contribution is 7.86. The first kappa shape index (κ1) is 16.5. The average Bonchev–Trinajstić information content (AvgIpc) is 2.58. The Morgan fingerprint density at radius 2 is 1.55 bits per heavy atom. The fourth-order valence-electron chi connectivity index (χ4n) is 3.72. The Bertz CT molecular complexity index is 396. The lowest BCUT2D eigenvalue weighted by atomic mass is 10.1. The third kappa shape index (κ3) is 3.14. The summed E-state index contributed by atoms with van der Waals surface area (Å²) in [5.74, 6) is 0. The molecule has 0 radical (unpaired) electrons. The van der Waals surface area contributed by atoms with E-state index in [0.717, 1.165) is 45.2 Å². The summed E-state index contributed by atoms with van der Waals surface area (Å²) in [5.41, 5.74) is 0. The predicted octanol–water partition coefficient (Wildman–Crippen LogP) is 1.36. The Kier molecular flexibility index (Phi) is 5.71. The molecule has 2 bridgehead atoms. The summed E-state index contributed by atoms with van der Waals surface area (Å²) in [4.78, 5) is 0. The van der Waals surface area contributed by atoms with Crippen LogP contribution in [-0.2, 0) is 10.2 Å². The van der Waals surface area contributed by atoms with Gasteiger partial charge in [0.05, 0.1) is 0 Å². The molecule has 2 unspecified atom stereocenters. The maximum Gasteiger partial charge on any atom is 0.282 e. The molecular weight excluding hydrogens is 298 g/mol. The summed E-state index contributed by atoms with van der Waals surface area (Å²) in [7, 11) is -3.24. The third-order valence-corrected chi connectivity index (χ3v) is 6.89. The average molecular weight is 324 g/mol. The number of nitrogens with zero attached hydrogens (tertiary/aromatic N) is 2. The van der Waals surface area contributed by atoms with Crippen LogP contribution in [0.3, 0.4) is 0 Å². The zero-order valence-corrected chi connectivity index (χ0v) is 13.6. The highest BCUT2D eigenvalue weighted by Gasteiger charge is 2.44. The van der Waals surface area contributed by atoms with Crippen molar-refractivity contribution < 1.29 is 8.42 Å². The van der Waals surface area contributed by atoms with E-state index in [-0.39, 0.29) is 24.5 Å². The molecule has 2 atom stereocenters. The van der Waals surface area contributed by atoms with Crippen LogP contribution in [0, 0.1) is 0 Å². The van der Waals surface area contributed by atoms with Gasteiger partial charge in [-0.3, -0.25) is 0 Å². The summed E-state index contributed by atoms with van der Waals surface area (Å²) >= 11 is 0. The summed E-state index contributed by atoms with van der Waals surface area (Å²) in [6, 6.07) is 0.411. The van der Waals surface area contributed by atoms with E-state index in [2.05, 4.69) is 5.32 Å². The van der Waals surface area contributed by atoms with Gasteiger partial charge in [-0.2, -0.15) is 17.0 Å². The highest BCUT2D eigenvalue weighted by Crippen LogP contribution is 2.32. The molecule has 5 nitrogen and oxygen atoms in total. The van der Waals surface area contributed by atoms with Gasteiger partial charge < -0.3 is 5.32 Å². The lowest BCUT2D eigenvalue weighted by Gasteiger charge is -2.32. The molecule has 0 spiro atoms. The fourth-order valence-corrected chi connectivity index (χ4v) is 5.85. The van der Waals surface area contributed by atoms with Crippen LogP contribution in [0.2, 0.25) is 0 Å². The van der Waals surface area contributed by atoms with Crippen LogP contribution < -0.4 is 5.32 Å². The minimum atomic E-state index is -3.24. The second kappa shape index (κ2) is 6.92. The standard InChI is InChI=1S/C13H25N3O2S.ClH/c17-19(18,15-9-3-1-2-4-10-15)16-12-5-6-13(16)11-14-8-7-12;/h12-14H,1-11H2;1H. The van der Waals surface area contributed by atoms with Crippen molar-refractivity contribution in [2.45, 2.75) is 57.0 Å². The van der Waals surface area contributed by atoms with Gasteiger partial charge in [-0.25, -0.2) is 0 Å².